The quantitative estimate of drug-likeness (QED) is 0.167. The van der Waals surface area contributed by atoms with Crippen LogP contribution in [0.5, 0.6) is 23.4 Å². The van der Waals surface area contributed by atoms with Crippen LogP contribution in [0.3, 0.4) is 0 Å². The Morgan fingerprint density at radius 1 is 1.09 bits per heavy atom. The van der Waals surface area contributed by atoms with Crippen molar-refractivity contribution in [2.75, 3.05) is 13.7 Å². The Balaban J connectivity index is 1.29. The SMILES string of the molecule is C=C[C@@H]1C[C@]1(NC(=O)[C@@H]1C[C@@H](Oc2nccc3cc(OC)ccc23)CN1C(=O)[C@@H](NC(=O)On1c(O)ccc1O)C(C)(C)C)C(=O)NS(=O)(=O)C1CC1. The Morgan fingerprint density at radius 3 is 2.40 bits per heavy atom. The number of ether oxygens (including phenoxy) is 2. The number of carbonyl (C=O) groups excluding carboxylic acids is 4. The van der Waals surface area contributed by atoms with Gasteiger partial charge in [0.1, 0.15) is 29.5 Å². The fraction of sp³-hybridized carbons (Fsp3) is 0.457. The second-order valence-electron chi connectivity index (χ2n) is 14.5. The summed E-state index contributed by atoms with van der Waals surface area (Å²) in [6.07, 6.45) is 1.90. The molecule has 1 saturated heterocycles. The van der Waals surface area contributed by atoms with Crippen LogP contribution in [-0.2, 0) is 24.4 Å². The smallest absolute Gasteiger partial charge is 0.432 e. The second-order valence-corrected chi connectivity index (χ2v) is 16.5. The number of nitrogens with zero attached hydrogens (tertiary/aromatic N) is 3. The average Bonchev–Trinajstić information content (AvgIpc) is 4.02. The number of aromatic hydroxyl groups is 2. The molecule has 4 amide bonds. The van der Waals surface area contributed by atoms with Crippen molar-refractivity contribution < 1.29 is 52.1 Å². The lowest BCUT2D eigenvalue weighted by molar-refractivity contribution is -0.142. The van der Waals surface area contributed by atoms with E-state index < -0.39 is 85.9 Å². The van der Waals surface area contributed by atoms with Gasteiger partial charge >= 0.3 is 6.09 Å². The first-order valence-electron chi connectivity index (χ1n) is 17.0. The number of likely N-dealkylation sites (tertiary alicyclic amines) is 1. The van der Waals surface area contributed by atoms with Gasteiger partial charge in [-0.1, -0.05) is 26.8 Å². The summed E-state index contributed by atoms with van der Waals surface area (Å²) in [5.74, 6) is -3.22. The van der Waals surface area contributed by atoms with E-state index >= 15 is 0 Å². The van der Waals surface area contributed by atoms with Gasteiger partial charge in [-0.2, -0.15) is 0 Å². The van der Waals surface area contributed by atoms with Crippen molar-refractivity contribution in [3.8, 4) is 23.4 Å². The first kappa shape index (κ1) is 37.2. The number of methoxy groups -OCH3 is 1. The summed E-state index contributed by atoms with van der Waals surface area (Å²) in [5, 5.41) is 25.8. The Labute approximate surface area is 305 Å². The zero-order chi connectivity index (χ0) is 38.5. The minimum absolute atomic E-state index is 0.0605. The highest BCUT2D eigenvalue weighted by molar-refractivity contribution is 7.91. The molecule has 18 heteroatoms. The molecule has 0 radical (unpaired) electrons. The minimum atomic E-state index is -3.94. The molecule has 2 saturated carbocycles. The molecule has 6 rings (SSSR count). The van der Waals surface area contributed by atoms with E-state index in [1.165, 1.54) is 11.0 Å². The molecule has 17 nitrogen and oxygen atoms in total. The lowest BCUT2D eigenvalue weighted by atomic mass is 9.85. The van der Waals surface area contributed by atoms with Crippen LogP contribution in [0.4, 0.5) is 4.79 Å². The highest BCUT2D eigenvalue weighted by Gasteiger charge is 2.62. The number of rotatable bonds is 12. The van der Waals surface area contributed by atoms with Crippen LogP contribution in [0.25, 0.3) is 10.8 Å². The van der Waals surface area contributed by atoms with Crippen LogP contribution in [0, 0.1) is 11.3 Å². The van der Waals surface area contributed by atoms with Crippen molar-refractivity contribution in [2.24, 2.45) is 11.3 Å². The molecule has 1 aromatic carbocycles. The molecule has 0 bridgehead atoms. The van der Waals surface area contributed by atoms with Gasteiger partial charge in [0.2, 0.25) is 39.5 Å². The maximum atomic E-state index is 14.5. The summed E-state index contributed by atoms with van der Waals surface area (Å²) >= 11 is 0. The highest BCUT2D eigenvalue weighted by atomic mass is 32.2. The van der Waals surface area contributed by atoms with E-state index in [-0.39, 0.29) is 25.3 Å². The van der Waals surface area contributed by atoms with Gasteiger partial charge in [-0.05, 0) is 54.3 Å². The molecule has 5 N–H and O–H groups in total. The topological polar surface area (TPSA) is 228 Å². The van der Waals surface area contributed by atoms with Crippen LogP contribution in [0.15, 0.2) is 55.3 Å². The number of sulfonamides is 1. The van der Waals surface area contributed by atoms with Crippen molar-refractivity contribution in [1.82, 2.24) is 30.0 Å². The number of hydrogen-bond donors (Lipinski definition) is 5. The van der Waals surface area contributed by atoms with Crippen LogP contribution in [-0.4, -0.2) is 99.7 Å². The van der Waals surface area contributed by atoms with Gasteiger partial charge in [0.15, 0.2) is 0 Å². The molecule has 0 spiro atoms. The van der Waals surface area contributed by atoms with Gasteiger partial charge < -0.3 is 40.1 Å². The van der Waals surface area contributed by atoms with E-state index in [9.17, 15) is 37.8 Å². The minimum Gasteiger partial charge on any atom is -0.497 e. The normalized spacial score (nSPS) is 23.1. The van der Waals surface area contributed by atoms with Crippen LogP contribution >= 0.6 is 0 Å². The summed E-state index contributed by atoms with van der Waals surface area (Å²) in [5.41, 5.74) is -2.59. The molecule has 3 aromatic rings. The number of amides is 4. The van der Waals surface area contributed by atoms with Crippen molar-refractivity contribution in [2.45, 2.75) is 75.4 Å². The summed E-state index contributed by atoms with van der Waals surface area (Å²) in [7, 11) is -2.40. The van der Waals surface area contributed by atoms with Crippen LogP contribution in [0.2, 0.25) is 0 Å². The van der Waals surface area contributed by atoms with Gasteiger partial charge in [0.05, 0.1) is 18.9 Å². The first-order valence-corrected chi connectivity index (χ1v) is 18.5. The maximum Gasteiger partial charge on any atom is 0.432 e. The largest absolute Gasteiger partial charge is 0.497 e. The van der Waals surface area contributed by atoms with Gasteiger partial charge in [-0.25, -0.2) is 18.2 Å². The van der Waals surface area contributed by atoms with Crippen molar-refractivity contribution in [1.29, 1.82) is 0 Å². The van der Waals surface area contributed by atoms with Gasteiger partial charge in [0.25, 0.3) is 5.91 Å². The third-order valence-corrected chi connectivity index (χ3v) is 11.5. The van der Waals surface area contributed by atoms with Gasteiger partial charge in [-0.15, -0.1) is 11.3 Å². The van der Waals surface area contributed by atoms with E-state index in [0.717, 1.165) is 17.5 Å². The Morgan fingerprint density at radius 2 is 1.79 bits per heavy atom. The van der Waals surface area contributed by atoms with Crippen molar-refractivity contribution >= 4 is 44.6 Å². The highest BCUT2D eigenvalue weighted by Crippen LogP contribution is 2.45. The number of nitrogens with one attached hydrogen (secondary N) is 3. The van der Waals surface area contributed by atoms with E-state index in [1.807, 2.05) is 0 Å². The van der Waals surface area contributed by atoms with Crippen LogP contribution in [0.1, 0.15) is 46.5 Å². The van der Waals surface area contributed by atoms with E-state index in [0.29, 0.717) is 28.7 Å². The third kappa shape index (κ3) is 7.53. The molecule has 1 aliphatic heterocycles. The second kappa shape index (κ2) is 13.8. The van der Waals surface area contributed by atoms with Gasteiger partial charge in [0, 0.05) is 36.1 Å². The maximum absolute atomic E-state index is 14.5. The molecule has 0 unspecified atom stereocenters. The number of fused-ring (bicyclic) bond motifs is 1. The van der Waals surface area contributed by atoms with E-state index in [2.05, 4.69) is 26.9 Å². The van der Waals surface area contributed by atoms with Crippen molar-refractivity contribution in [3.63, 3.8) is 0 Å². The first-order chi connectivity index (χ1) is 25.0. The molecule has 2 aromatic heterocycles. The molecular weight excluding hydrogens is 712 g/mol. The fourth-order valence-electron chi connectivity index (χ4n) is 6.44. The molecule has 284 valence electrons. The number of carbonyl (C=O) groups is 4. The van der Waals surface area contributed by atoms with Crippen LogP contribution < -0.4 is 29.7 Å². The number of aromatic nitrogens is 2. The molecule has 2 aliphatic carbocycles. The molecule has 5 atom stereocenters. The fourth-order valence-corrected chi connectivity index (χ4v) is 7.80. The Hall–Kier alpha value is -5.52. The lowest BCUT2D eigenvalue weighted by Crippen LogP contribution is -2.60. The standard InChI is InChI=1S/C35H42N6O11S/c1-6-20-17-35(20,32(46)39-53(48,49)23-8-9-23)38-29(44)25-16-22(51-30-24-10-7-21(50-5)15-19(24)13-14-36-30)18-40(25)31(45)28(34(2,3)4)37-33(47)52-41-26(42)11-12-27(41)43/h6-7,10-15,20,22-23,25,28,42-43H,1,8-9,16-18H2,2-5H3,(H,37,47)(H,38,44)(H,39,46)/t20-,22-,25+,28-,35-/m1/s1. The summed E-state index contributed by atoms with van der Waals surface area (Å²) in [4.78, 5) is 65.8. The van der Waals surface area contributed by atoms with Gasteiger partial charge in [-0.3, -0.25) is 19.1 Å². The summed E-state index contributed by atoms with van der Waals surface area (Å²) < 4.78 is 39.6. The summed E-state index contributed by atoms with van der Waals surface area (Å²) in [6, 6.07) is 6.69. The molecule has 3 fully saturated rings. The lowest BCUT2D eigenvalue weighted by Gasteiger charge is -2.35. The molecule has 3 heterocycles. The average molecular weight is 755 g/mol. The summed E-state index contributed by atoms with van der Waals surface area (Å²) in [6.45, 7) is 8.61. The number of benzene rings is 1. The Bertz CT molecular complexity index is 2060. The zero-order valence-electron chi connectivity index (χ0n) is 29.6. The predicted molar refractivity (Wildman–Crippen MR) is 188 cm³/mol. The predicted octanol–water partition coefficient (Wildman–Crippen LogP) is 1.73. The van der Waals surface area contributed by atoms with E-state index in [4.69, 9.17) is 14.3 Å². The van der Waals surface area contributed by atoms with E-state index in [1.54, 1.807) is 58.3 Å². The Kier molecular flexibility index (Phi) is 9.69. The monoisotopic (exact) mass is 754 g/mol. The molecular formula is C35H42N6O11S. The van der Waals surface area contributed by atoms with Crippen molar-refractivity contribution in [3.05, 3.63) is 55.3 Å². The molecule has 53 heavy (non-hydrogen) atoms. The number of pyridine rings is 1. The number of hydrogen-bond acceptors (Lipinski definition) is 12. The zero-order valence-corrected chi connectivity index (χ0v) is 30.4. The third-order valence-electron chi connectivity index (χ3n) is 9.66. The molecule has 3 aliphatic rings.